The molecule has 1 aliphatic rings. The summed E-state index contributed by atoms with van der Waals surface area (Å²) in [5.74, 6) is 0. The zero-order valence-corrected chi connectivity index (χ0v) is 9.78. The molecule has 1 aliphatic heterocycles. The monoisotopic (exact) mass is 204 g/mol. The Morgan fingerprint density at radius 3 is 2.62 bits per heavy atom. The third kappa shape index (κ3) is 7.19. The number of hydrogen-bond acceptors (Lipinski definition) is 3. The zero-order valence-electron chi connectivity index (χ0n) is 8.62. The maximum atomic E-state index is 5.54. The average Bonchev–Trinajstić information content (AvgIpc) is 2.86. The van der Waals surface area contributed by atoms with E-state index >= 15 is 0 Å². The van der Waals surface area contributed by atoms with Crippen molar-refractivity contribution in [2.45, 2.75) is 32.0 Å². The fraction of sp³-hybridized carbons (Fsp3) is 1.00. The molecule has 0 amide bonds. The van der Waals surface area contributed by atoms with Crippen LogP contribution in [-0.4, -0.2) is 41.6 Å². The molecule has 4 heteroatoms. The van der Waals surface area contributed by atoms with Gasteiger partial charge >= 0.3 is 0 Å². The lowest BCUT2D eigenvalue weighted by molar-refractivity contribution is 0.110. The highest BCUT2D eigenvalue weighted by Gasteiger charge is 2.21. The zero-order chi connectivity index (χ0) is 9.52. The normalized spacial score (nSPS) is 21.0. The summed E-state index contributed by atoms with van der Waals surface area (Å²) >= 11 is 0. The van der Waals surface area contributed by atoms with Crippen LogP contribution in [0.3, 0.4) is 0 Å². The van der Waals surface area contributed by atoms with Gasteiger partial charge in [0, 0.05) is 13.2 Å². The Bertz CT molecular complexity index is 120. The highest BCUT2D eigenvalue weighted by atomic mass is 28.3. The average molecular weight is 204 g/mol. The van der Waals surface area contributed by atoms with Crippen molar-refractivity contribution < 1.29 is 13.9 Å². The minimum atomic E-state index is -0.796. The lowest BCUT2D eigenvalue weighted by Gasteiger charge is -2.06. The molecule has 3 nitrogen and oxygen atoms in total. The molecule has 0 aliphatic carbocycles. The molecule has 13 heavy (non-hydrogen) atoms. The van der Waals surface area contributed by atoms with Crippen molar-refractivity contribution in [2.24, 2.45) is 0 Å². The molecular formula is C9H20O3Si. The van der Waals surface area contributed by atoms with Crippen LogP contribution < -0.4 is 0 Å². The van der Waals surface area contributed by atoms with Crippen molar-refractivity contribution >= 4 is 9.04 Å². The van der Waals surface area contributed by atoms with Crippen LogP contribution in [0.15, 0.2) is 0 Å². The van der Waals surface area contributed by atoms with Crippen LogP contribution in [0.4, 0.5) is 0 Å². The minimum absolute atomic E-state index is 0.402. The van der Waals surface area contributed by atoms with Gasteiger partial charge in [0.25, 0.3) is 0 Å². The van der Waals surface area contributed by atoms with Crippen LogP contribution in [0.2, 0.25) is 13.1 Å². The van der Waals surface area contributed by atoms with E-state index in [1.165, 1.54) is 0 Å². The fourth-order valence-electron chi connectivity index (χ4n) is 1.00. The van der Waals surface area contributed by atoms with Gasteiger partial charge in [0.2, 0.25) is 0 Å². The topological polar surface area (TPSA) is 31.0 Å². The first kappa shape index (κ1) is 11.2. The van der Waals surface area contributed by atoms with Crippen molar-refractivity contribution in [3.05, 3.63) is 0 Å². The van der Waals surface area contributed by atoms with Crippen LogP contribution in [-0.2, 0) is 13.9 Å². The molecule has 1 saturated heterocycles. The van der Waals surface area contributed by atoms with Gasteiger partial charge in [-0.3, -0.25) is 0 Å². The molecule has 0 aromatic carbocycles. The Balaban J connectivity index is 1.68. The van der Waals surface area contributed by atoms with E-state index in [9.17, 15) is 0 Å². The Labute approximate surface area is 82.1 Å². The summed E-state index contributed by atoms with van der Waals surface area (Å²) in [7, 11) is -0.796. The molecule has 0 aromatic heterocycles. The second-order valence-electron chi connectivity index (χ2n) is 3.66. The predicted molar refractivity (Wildman–Crippen MR) is 54.6 cm³/mol. The minimum Gasteiger partial charge on any atom is -0.421 e. The molecule has 0 radical (unpaired) electrons. The number of epoxide rings is 1. The van der Waals surface area contributed by atoms with E-state index in [4.69, 9.17) is 13.9 Å². The first-order valence-corrected chi connectivity index (χ1v) is 7.88. The summed E-state index contributed by atoms with van der Waals surface area (Å²) in [6.45, 7) is 7.82. The first-order chi connectivity index (χ1) is 6.29. The fourth-order valence-corrected chi connectivity index (χ4v) is 1.64. The van der Waals surface area contributed by atoms with Gasteiger partial charge in [-0.25, -0.2) is 0 Å². The third-order valence-corrected chi connectivity index (χ3v) is 2.74. The van der Waals surface area contributed by atoms with Gasteiger partial charge in [0.1, 0.15) is 6.10 Å². The second-order valence-corrected chi connectivity index (χ2v) is 6.09. The van der Waals surface area contributed by atoms with Crippen LogP contribution in [0.5, 0.6) is 0 Å². The Morgan fingerprint density at radius 2 is 2.00 bits per heavy atom. The van der Waals surface area contributed by atoms with Crippen molar-refractivity contribution in [1.29, 1.82) is 0 Å². The molecule has 0 bridgehead atoms. The van der Waals surface area contributed by atoms with E-state index in [1.807, 2.05) is 0 Å². The molecular weight excluding hydrogens is 184 g/mol. The Morgan fingerprint density at radius 1 is 1.31 bits per heavy atom. The number of ether oxygens (including phenoxy) is 2. The van der Waals surface area contributed by atoms with E-state index in [2.05, 4.69) is 13.1 Å². The summed E-state index contributed by atoms with van der Waals surface area (Å²) in [4.78, 5) is 0. The van der Waals surface area contributed by atoms with Crippen molar-refractivity contribution in [3.8, 4) is 0 Å². The smallest absolute Gasteiger partial charge is 0.170 e. The number of unbranched alkanes of at least 4 members (excludes halogenated alkanes) is 1. The van der Waals surface area contributed by atoms with Crippen LogP contribution in [0, 0.1) is 0 Å². The molecule has 1 atom stereocenters. The van der Waals surface area contributed by atoms with Crippen molar-refractivity contribution in [1.82, 2.24) is 0 Å². The van der Waals surface area contributed by atoms with Gasteiger partial charge in [-0.1, -0.05) is 0 Å². The molecule has 1 fully saturated rings. The van der Waals surface area contributed by atoms with E-state index < -0.39 is 9.04 Å². The van der Waals surface area contributed by atoms with Crippen molar-refractivity contribution in [2.75, 3.05) is 26.4 Å². The van der Waals surface area contributed by atoms with E-state index in [0.29, 0.717) is 6.10 Å². The van der Waals surface area contributed by atoms with E-state index in [0.717, 1.165) is 39.3 Å². The summed E-state index contributed by atoms with van der Waals surface area (Å²) in [6.07, 6.45) is 2.63. The summed E-state index contributed by atoms with van der Waals surface area (Å²) < 4.78 is 16.0. The standard InChI is InChI=1S/C9H20O3Si/c1-13(2)12-6-4-3-5-10-7-9-8-11-9/h9,13H,3-8H2,1-2H3. The number of rotatable bonds is 8. The predicted octanol–water partition coefficient (Wildman–Crippen LogP) is 1.18. The van der Waals surface area contributed by atoms with Crippen LogP contribution in [0.25, 0.3) is 0 Å². The lowest BCUT2D eigenvalue weighted by Crippen LogP contribution is -2.09. The van der Waals surface area contributed by atoms with Crippen LogP contribution >= 0.6 is 0 Å². The SMILES string of the molecule is C[SiH](C)OCCCCOCC1CO1. The number of hydrogen-bond donors (Lipinski definition) is 0. The van der Waals surface area contributed by atoms with Gasteiger partial charge in [-0.15, -0.1) is 0 Å². The quantitative estimate of drug-likeness (QED) is 0.338. The molecule has 0 spiro atoms. The summed E-state index contributed by atoms with van der Waals surface area (Å²) in [6, 6.07) is 0. The summed E-state index contributed by atoms with van der Waals surface area (Å²) in [5, 5.41) is 0. The largest absolute Gasteiger partial charge is 0.421 e. The Kier molecular flexibility index (Phi) is 5.62. The second kappa shape index (κ2) is 6.54. The maximum Gasteiger partial charge on any atom is 0.170 e. The summed E-state index contributed by atoms with van der Waals surface area (Å²) in [5.41, 5.74) is 0. The third-order valence-electron chi connectivity index (χ3n) is 1.84. The van der Waals surface area contributed by atoms with Gasteiger partial charge in [0.15, 0.2) is 9.04 Å². The maximum absolute atomic E-state index is 5.54. The van der Waals surface area contributed by atoms with Crippen LogP contribution in [0.1, 0.15) is 12.8 Å². The van der Waals surface area contributed by atoms with Gasteiger partial charge in [0.05, 0.1) is 13.2 Å². The van der Waals surface area contributed by atoms with Gasteiger partial charge in [-0.2, -0.15) is 0 Å². The van der Waals surface area contributed by atoms with E-state index in [1.54, 1.807) is 0 Å². The Hall–Kier alpha value is 0.0969. The molecule has 0 aromatic rings. The molecule has 0 saturated carbocycles. The van der Waals surface area contributed by atoms with Gasteiger partial charge in [-0.05, 0) is 25.9 Å². The van der Waals surface area contributed by atoms with E-state index in [-0.39, 0.29) is 0 Å². The highest BCUT2D eigenvalue weighted by molar-refractivity contribution is 6.48. The molecule has 78 valence electrons. The first-order valence-electron chi connectivity index (χ1n) is 5.10. The molecule has 1 heterocycles. The van der Waals surface area contributed by atoms with Crippen molar-refractivity contribution in [3.63, 3.8) is 0 Å². The highest BCUT2D eigenvalue weighted by Crippen LogP contribution is 2.08. The molecule has 1 unspecified atom stereocenters. The van der Waals surface area contributed by atoms with Gasteiger partial charge < -0.3 is 13.9 Å². The lowest BCUT2D eigenvalue weighted by atomic mass is 10.3. The molecule has 0 N–H and O–H groups in total. The molecule has 1 rings (SSSR count).